The summed E-state index contributed by atoms with van der Waals surface area (Å²) < 4.78 is 19.4. The number of ether oxygens (including phenoxy) is 1. The Bertz CT molecular complexity index is 1140. The van der Waals surface area contributed by atoms with Crippen molar-refractivity contribution in [1.29, 1.82) is 0 Å². The number of anilines is 1. The summed E-state index contributed by atoms with van der Waals surface area (Å²) in [7, 11) is 1.65. The van der Waals surface area contributed by atoms with Gasteiger partial charge < -0.3 is 10.1 Å². The molecule has 0 radical (unpaired) electrons. The van der Waals surface area contributed by atoms with Crippen LogP contribution < -0.4 is 15.0 Å². The number of hydrogen-bond donors (Lipinski definition) is 1. The molecule has 0 spiro atoms. The molecule has 1 aliphatic rings. The predicted molar refractivity (Wildman–Crippen MR) is 113 cm³/mol. The van der Waals surface area contributed by atoms with Crippen molar-refractivity contribution < 1.29 is 18.7 Å². The number of para-hydroxylation sites is 1. The van der Waals surface area contributed by atoms with E-state index in [1.54, 1.807) is 25.4 Å². The molecule has 2 amide bonds. The van der Waals surface area contributed by atoms with E-state index in [9.17, 15) is 14.0 Å². The van der Waals surface area contributed by atoms with Crippen LogP contribution in [0.15, 0.2) is 60.9 Å². The van der Waals surface area contributed by atoms with Crippen molar-refractivity contribution in [3.05, 3.63) is 78.0 Å². The molecule has 31 heavy (non-hydrogen) atoms. The van der Waals surface area contributed by atoms with Crippen molar-refractivity contribution in [2.75, 3.05) is 11.9 Å². The Balaban J connectivity index is 1.52. The zero-order valence-electron chi connectivity index (χ0n) is 17.1. The van der Waals surface area contributed by atoms with Crippen LogP contribution in [-0.2, 0) is 4.79 Å². The number of halogens is 1. The summed E-state index contributed by atoms with van der Waals surface area (Å²) in [5.41, 5.74) is 1.02. The number of pyridine rings is 2. The molecule has 0 unspecified atom stereocenters. The van der Waals surface area contributed by atoms with Crippen LogP contribution in [0.25, 0.3) is 0 Å². The SMILES string of the molecule is C[C@H]1C[C@@H](NC(=O)c2cc(Oc3ccccc3F)ccn2)C(=O)N(C)c2ncccc21. The highest BCUT2D eigenvalue weighted by molar-refractivity contribution is 6.02. The quantitative estimate of drug-likeness (QED) is 0.696. The lowest BCUT2D eigenvalue weighted by Crippen LogP contribution is -2.47. The first kappa shape index (κ1) is 20.5. The number of carbonyl (C=O) groups excluding carboxylic acids is 2. The van der Waals surface area contributed by atoms with Crippen LogP contribution in [0.1, 0.15) is 35.3 Å². The molecule has 0 fully saturated rings. The first-order chi connectivity index (χ1) is 14.9. The van der Waals surface area contributed by atoms with Crippen LogP contribution >= 0.6 is 0 Å². The number of nitrogens with zero attached hydrogens (tertiary/aromatic N) is 3. The van der Waals surface area contributed by atoms with Crippen molar-refractivity contribution in [2.45, 2.75) is 25.3 Å². The lowest BCUT2D eigenvalue weighted by Gasteiger charge is -2.21. The molecule has 158 valence electrons. The monoisotopic (exact) mass is 420 g/mol. The topological polar surface area (TPSA) is 84.4 Å². The Hall–Kier alpha value is -3.81. The van der Waals surface area contributed by atoms with Gasteiger partial charge in [-0.1, -0.05) is 25.1 Å². The maximum absolute atomic E-state index is 13.8. The largest absolute Gasteiger partial charge is 0.454 e. The van der Waals surface area contributed by atoms with Gasteiger partial charge in [0.1, 0.15) is 23.3 Å². The van der Waals surface area contributed by atoms with Crippen molar-refractivity contribution in [3.8, 4) is 11.5 Å². The molecule has 3 aromatic rings. The second kappa shape index (κ2) is 8.51. The van der Waals surface area contributed by atoms with Crippen LogP contribution in [0.2, 0.25) is 0 Å². The van der Waals surface area contributed by atoms with Gasteiger partial charge in [0.15, 0.2) is 11.6 Å². The van der Waals surface area contributed by atoms with E-state index in [1.165, 1.54) is 35.4 Å². The van der Waals surface area contributed by atoms with Gasteiger partial charge in [0.25, 0.3) is 5.91 Å². The van der Waals surface area contributed by atoms with E-state index in [4.69, 9.17) is 4.74 Å². The average molecular weight is 420 g/mol. The second-order valence-electron chi connectivity index (χ2n) is 7.39. The number of benzene rings is 1. The molecule has 2 aromatic heterocycles. The van der Waals surface area contributed by atoms with E-state index in [-0.39, 0.29) is 29.0 Å². The lowest BCUT2D eigenvalue weighted by atomic mass is 9.95. The van der Waals surface area contributed by atoms with Gasteiger partial charge in [0.2, 0.25) is 5.91 Å². The Morgan fingerprint density at radius 1 is 1.16 bits per heavy atom. The number of aromatic nitrogens is 2. The normalized spacial score (nSPS) is 18.2. The van der Waals surface area contributed by atoms with Crippen molar-refractivity contribution >= 4 is 17.6 Å². The summed E-state index contributed by atoms with van der Waals surface area (Å²) >= 11 is 0. The number of nitrogens with one attached hydrogen (secondary N) is 1. The highest BCUT2D eigenvalue weighted by Gasteiger charge is 2.33. The van der Waals surface area contributed by atoms with Crippen LogP contribution in [0, 0.1) is 5.82 Å². The fourth-order valence-electron chi connectivity index (χ4n) is 3.60. The van der Waals surface area contributed by atoms with Crippen molar-refractivity contribution in [1.82, 2.24) is 15.3 Å². The van der Waals surface area contributed by atoms with E-state index >= 15 is 0 Å². The number of fused-ring (bicyclic) bond motifs is 1. The van der Waals surface area contributed by atoms with Gasteiger partial charge in [-0.15, -0.1) is 0 Å². The Kier molecular flexibility index (Phi) is 5.62. The average Bonchev–Trinajstić information content (AvgIpc) is 2.87. The Labute approximate surface area is 178 Å². The van der Waals surface area contributed by atoms with E-state index in [0.29, 0.717) is 12.2 Å². The van der Waals surface area contributed by atoms with Crippen LogP contribution in [0.4, 0.5) is 10.2 Å². The third-order valence-electron chi connectivity index (χ3n) is 5.22. The zero-order chi connectivity index (χ0) is 22.0. The van der Waals surface area contributed by atoms with Crippen LogP contribution in [0.5, 0.6) is 11.5 Å². The molecular weight excluding hydrogens is 399 g/mol. The first-order valence-corrected chi connectivity index (χ1v) is 9.86. The molecule has 0 saturated heterocycles. The summed E-state index contributed by atoms with van der Waals surface area (Å²) in [6, 6.07) is 11.9. The second-order valence-corrected chi connectivity index (χ2v) is 7.39. The van der Waals surface area contributed by atoms with Crippen molar-refractivity contribution in [3.63, 3.8) is 0 Å². The fourth-order valence-corrected chi connectivity index (χ4v) is 3.60. The maximum atomic E-state index is 13.8. The minimum Gasteiger partial charge on any atom is -0.454 e. The molecule has 0 bridgehead atoms. The number of amides is 2. The van der Waals surface area contributed by atoms with Gasteiger partial charge in [-0.3, -0.25) is 19.5 Å². The molecule has 2 atom stereocenters. The summed E-state index contributed by atoms with van der Waals surface area (Å²) in [6.45, 7) is 1.99. The molecular formula is C23H21FN4O3. The van der Waals surface area contributed by atoms with Gasteiger partial charge in [-0.25, -0.2) is 9.37 Å². The zero-order valence-corrected chi connectivity index (χ0v) is 17.1. The predicted octanol–water partition coefficient (Wildman–Crippen LogP) is 3.68. The maximum Gasteiger partial charge on any atom is 0.270 e. The molecule has 3 heterocycles. The standard InChI is InChI=1S/C23H21FN4O3/c1-14-12-19(23(30)28(2)21-16(14)6-5-10-26-21)27-22(29)18-13-15(9-11-25-18)31-20-8-4-3-7-17(20)24/h3-11,13-14,19H,12H2,1-2H3,(H,27,29)/t14-,19+/m0/s1. The number of rotatable bonds is 4. The molecule has 1 aromatic carbocycles. The molecule has 0 aliphatic carbocycles. The molecule has 4 rings (SSSR count). The summed E-state index contributed by atoms with van der Waals surface area (Å²) in [5.74, 6) is -0.367. The van der Waals surface area contributed by atoms with Gasteiger partial charge in [-0.05, 0) is 42.2 Å². The first-order valence-electron chi connectivity index (χ1n) is 9.86. The fraction of sp³-hybridized carbons (Fsp3) is 0.217. The van der Waals surface area contributed by atoms with E-state index in [0.717, 1.165) is 5.56 Å². The molecule has 0 saturated carbocycles. The minimum absolute atomic E-state index is 0.0200. The smallest absolute Gasteiger partial charge is 0.270 e. The molecule has 7 nitrogen and oxygen atoms in total. The van der Waals surface area contributed by atoms with Gasteiger partial charge >= 0.3 is 0 Å². The Morgan fingerprint density at radius 3 is 2.77 bits per heavy atom. The third-order valence-corrected chi connectivity index (χ3v) is 5.22. The minimum atomic E-state index is -0.736. The van der Waals surface area contributed by atoms with Crippen molar-refractivity contribution in [2.24, 2.45) is 0 Å². The highest BCUT2D eigenvalue weighted by atomic mass is 19.1. The van der Waals surface area contributed by atoms with E-state index in [1.807, 2.05) is 19.1 Å². The lowest BCUT2D eigenvalue weighted by molar-refractivity contribution is -0.120. The summed E-state index contributed by atoms with van der Waals surface area (Å²) in [6.07, 6.45) is 3.47. The number of hydrogen-bond acceptors (Lipinski definition) is 5. The van der Waals surface area contributed by atoms with Gasteiger partial charge in [0, 0.05) is 25.5 Å². The van der Waals surface area contributed by atoms with Crippen LogP contribution in [-0.4, -0.2) is 34.9 Å². The Morgan fingerprint density at radius 2 is 1.97 bits per heavy atom. The summed E-state index contributed by atoms with van der Waals surface area (Å²) in [5, 5.41) is 2.77. The molecule has 8 heteroatoms. The number of likely N-dealkylation sites (N-methyl/N-ethyl adjacent to an activating group) is 1. The summed E-state index contributed by atoms with van der Waals surface area (Å²) in [4.78, 5) is 35.7. The molecule has 1 N–H and O–H groups in total. The van der Waals surface area contributed by atoms with Gasteiger partial charge in [-0.2, -0.15) is 0 Å². The van der Waals surface area contributed by atoms with Gasteiger partial charge in [0.05, 0.1) is 0 Å². The molecule has 1 aliphatic heterocycles. The number of carbonyl (C=O) groups is 2. The van der Waals surface area contributed by atoms with Crippen LogP contribution in [0.3, 0.4) is 0 Å². The highest BCUT2D eigenvalue weighted by Crippen LogP contribution is 2.32. The third kappa shape index (κ3) is 4.23. The van der Waals surface area contributed by atoms with E-state index < -0.39 is 17.8 Å². The van der Waals surface area contributed by atoms with E-state index in [2.05, 4.69) is 15.3 Å².